The third kappa shape index (κ3) is 4.70. The fourth-order valence-electron chi connectivity index (χ4n) is 3.46. The van der Waals surface area contributed by atoms with Crippen molar-refractivity contribution in [3.05, 3.63) is 59.4 Å². The van der Waals surface area contributed by atoms with Gasteiger partial charge >= 0.3 is 0 Å². The van der Waals surface area contributed by atoms with E-state index in [4.69, 9.17) is 0 Å². The van der Waals surface area contributed by atoms with Gasteiger partial charge in [-0.3, -0.25) is 9.52 Å². The fourth-order valence-corrected chi connectivity index (χ4v) is 4.52. The van der Waals surface area contributed by atoms with Crippen LogP contribution in [0.25, 0.3) is 0 Å². The van der Waals surface area contributed by atoms with Crippen LogP contribution in [0.1, 0.15) is 48.5 Å². The molecule has 1 amide bonds. The summed E-state index contributed by atoms with van der Waals surface area (Å²) in [7, 11) is -3.95. The fraction of sp³-hybridized carbons (Fsp3) is 0.381. The maximum absolute atomic E-state index is 13.7. The molecule has 150 valence electrons. The number of carbonyl (C=O) groups excluding carboxylic acids is 1. The molecule has 0 spiro atoms. The highest BCUT2D eigenvalue weighted by atomic mass is 32.2. The van der Waals surface area contributed by atoms with Crippen molar-refractivity contribution < 1.29 is 17.6 Å². The summed E-state index contributed by atoms with van der Waals surface area (Å²) >= 11 is 0. The summed E-state index contributed by atoms with van der Waals surface area (Å²) in [5, 5.41) is 3.05. The number of carbonyl (C=O) groups is 1. The first-order chi connectivity index (χ1) is 13.3. The number of nitrogens with one attached hydrogen (secondary N) is 2. The second kappa shape index (κ2) is 8.31. The third-order valence-electron chi connectivity index (χ3n) is 5.26. The van der Waals surface area contributed by atoms with Crippen LogP contribution in [0, 0.1) is 18.7 Å². The van der Waals surface area contributed by atoms with Gasteiger partial charge in [0.15, 0.2) is 0 Å². The van der Waals surface area contributed by atoms with Crippen molar-refractivity contribution in [1.29, 1.82) is 0 Å². The van der Waals surface area contributed by atoms with Crippen molar-refractivity contribution in [3.63, 3.8) is 0 Å². The normalized spacial score (nSPS) is 19.8. The van der Waals surface area contributed by atoms with Crippen LogP contribution < -0.4 is 10.0 Å². The third-order valence-corrected chi connectivity index (χ3v) is 6.64. The van der Waals surface area contributed by atoms with E-state index in [1.54, 1.807) is 25.1 Å². The molecule has 5 nitrogen and oxygen atoms in total. The van der Waals surface area contributed by atoms with E-state index in [2.05, 4.69) is 17.0 Å². The van der Waals surface area contributed by atoms with Crippen LogP contribution in [0.4, 0.5) is 10.1 Å². The number of amides is 1. The van der Waals surface area contributed by atoms with Crippen molar-refractivity contribution in [2.24, 2.45) is 5.92 Å². The zero-order valence-corrected chi connectivity index (χ0v) is 16.9. The largest absolute Gasteiger partial charge is 0.349 e. The highest BCUT2D eigenvalue weighted by Crippen LogP contribution is 2.24. The Hall–Kier alpha value is -2.41. The first-order valence-corrected chi connectivity index (χ1v) is 10.9. The molecule has 1 aliphatic carbocycles. The van der Waals surface area contributed by atoms with Crippen molar-refractivity contribution in [1.82, 2.24) is 5.32 Å². The molecule has 2 unspecified atom stereocenters. The van der Waals surface area contributed by atoms with E-state index in [0.29, 0.717) is 17.0 Å². The number of sulfonamides is 1. The first kappa shape index (κ1) is 20.3. The van der Waals surface area contributed by atoms with Crippen LogP contribution >= 0.6 is 0 Å². The van der Waals surface area contributed by atoms with Gasteiger partial charge in [0.05, 0.1) is 4.90 Å². The van der Waals surface area contributed by atoms with Crippen molar-refractivity contribution in [2.45, 2.75) is 50.5 Å². The molecule has 2 N–H and O–H groups in total. The predicted octanol–water partition coefficient (Wildman–Crippen LogP) is 4.24. The monoisotopic (exact) mass is 404 g/mol. The molecule has 2 atom stereocenters. The summed E-state index contributed by atoms with van der Waals surface area (Å²) in [6.45, 7) is 3.70. The number of hydrogen-bond donors (Lipinski definition) is 2. The van der Waals surface area contributed by atoms with Gasteiger partial charge in [-0.05, 0) is 61.6 Å². The number of aryl methyl sites for hydroxylation is 1. The SMILES string of the molecule is Cc1ccc(S(=O)(=O)Nc2cccc(C(=O)NC3CCCCC3C)c2)cc1F. The highest BCUT2D eigenvalue weighted by Gasteiger charge is 2.23. The van der Waals surface area contributed by atoms with Crippen LogP contribution in [0.5, 0.6) is 0 Å². The Morgan fingerprint density at radius 3 is 2.57 bits per heavy atom. The lowest BCUT2D eigenvalue weighted by molar-refractivity contribution is 0.0910. The van der Waals surface area contributed by atoms with Gasteiger partial charge in [-0.15, -0.1) is 0 Å². The number of anilines is 1. The number of rotatable bonds is 5. The lowest BCUT2D eigenvalue weighted by atomic mass is 9.86. The summed E-state index contributed by atoms with van der Waals surface area (Å²) in [5.41, 5.74) is 1.01. The van der Waals surface area contributed by atoms with Gasteiger partial charge in [-0.25, -0.2) is 12.8 Å². The van der Waals surface area contributed by atoms with E-state index in [1.807, 2.05) is 0 Å². The molecule has 1 aliphatic rings. The molecule has 0 heterocycles. The standard InChI is InChI=1S/C21H25FN2O3S/c1-14-10-11-18(13-19(14)22)28(26,27)24-17-8-5-7-16(12-17)21(25)23-20-9-4-3-6-15(20)2/h5,7-8,10-13,15,20,24H,3-4,6,9H2,1-2H3,(H,23,25). The molecule has 0 bridgehead atoms. The molecule has 2 aromatic rings. The molecule has 0 aromatic heterocycles. The topological polar surface area (TPSA) is 75.3 Å². The quantitative estimate of drug-likeness (QED) is 0.783. The second-order valence-corrected chi connectivity index (χ2v) is 9.12. The lowest BCUT2D eigenvalue weighted by Gasteiger charge is -2.29. The van der Waals surface area contributed by atoms with Gasteiger partial charge in [-0.1, -0.05) is 31.9 Å². The Morgan fingerprint density at radius 1 is 1.11 bits per heavy atom. The van der Waals surface area contributed by atoms with Crippen LogP contribution in [-0.2, 0) is 10.0 Å². The Kier molecular flexibility index (Phi) is 6.03. The molecular weight excluding hydrogens is 379 g/mol. The van der Waals surface area contributed by atoms with Gasteiger partial charge in [-0.2, -0.15) is 0 Å². The van der Waals surface area contributed by atoms with E-state index in [1.165, 1.54) is 24.6 Å². The van der Waals surface area contributed by atoms with Gasteiger partial charge in [0.25, 0.3) is 15.9 Å². The number of halogens is 1. The van der Waals surface area contributed by atoms with Crippen molar-refractivity contribution in [3.8, 4) is 0 Å². The highest BCUT2D eigenvalue weighted by molar-refractivity contribution is 7.92. The Morgan fingerprint density at radius 2 is 1.86 bits per heavy atom. The van der Waals surface area contributed by atoms with Gasteiger partial charge in [0.2, 0.25) is 0 Å². The Bertz CT molecular complexity index is 975. The van der Waals surface area contributed by atoms with Crippen LogP contribution in [0.3, 0.4) is 0 Å². The summed E-state index contributed by atoms with van der Waals surface area (Å²) in [6.07, 6.45) is 4.34. The lowest BCUT2D eigenvalue weighted by Crippen LogP contribution is -2.41. The summed E-state index contributed by atoms with van der Waals surface area (Å²) in [4.78, 5) is 12.4. The smallest absolute Gasteiger partial charge is 0.261 e. The maximum Gasteiger partial charge on any atom is 0.261 e. The Labute approximate surface area is 165 Å². The molecule has 2 aromatic carbocycles. The zero-order chi connectivity index (χ0) is 20.3. The maximum atomic E-state index is 13.7. The summed E-state index contributed by atoms with van der Waals surface area (Å²) in [6, 6.07) is 10.2. The second-order valence-electron chi connectivity index (χ2n) is 7.44. The zero-order valence-electron chi connectivity index (χ0n) is 16.0. The van der Waals surface area contributed by atoms with E-state index >= 15 is 0 Å². The molecule has 0 aliphatic heterocycles. The average molecular weight is 405 g/mol. The van der Waals surface area contributed by atoms with Crippen LogP contribution in [0.2, 0.25) is 0 Å². The number of benzene rings is 2. The van der Waals surface area contributed by atoms with E-state index in [9.17, 15) is 17.6 Å². The van der Waals surface area contributed by atoms with Crippen molar-refractivity contribution >= 4 is 21.6 Å². The minimum absolute atomic E-state index is 0.136. The number of hydrogen-bond acceptors (Lipinski definition) is 3. The summed E-state index contributed by atoms with van der Waals surface area (Å²) in [5.74, 6) is -0.380. The van der Waals surface area contributed by atoms with E-state index in [0.717, 1.165) is 25.3 Å². The molecule has 28 heavy (non-hydrogen) atoms. The molecule has 7 heteroatoms. The molecule has 0 radical (unpaired) electrons. The van der Waals surface area contributed by atoms with E-state index in [-0.39, 0.29) is 22.5 Å². The van der Waals surface area contributed by atoms with E-state index < -0.39 is 15.8 Å². The first-order valence-electron chi connectivity index (χ1n) is 9.46. The van der Waals surface area contributed by atoms with Gasteiger partial charge in [0, 0.05) is 17.3 Å². The molecule has 1 saturated carbocycles. The summed E-state index contributed by atoms with van der Waals surface area (Å²) < 4.78 is 41.2. The van der Waals surface area contributed by atoms with Crippen molar-refractivity contribution in [2.75, 3.05) is 4.72 Å². The molecule has 3 rings (SSSR count). The molecular formula is C21H25FN2O3S. The van der Waals surface area contributed by atoms with Crippen LogP contribution in [0.15, 0.2) is 47.4 Å². The molecule has 0 saturated heterocycles. The predicted molar refractivity (Wildman–Crippen MR) is 107 cm³/mol. The van der Waals surface area contributed by atoms with Gasteiger partial charge < -0.3 is 5.32 Å². The van der Waals surface area contributed by atoms with Crippen LogP contribution in [-0.4, -0.2) is 20.4 Å². The minimum Gasteiger partial charge on any atom is -0.349 e. The van der Waals surface area contributed by atoms with Gasteiger partial charge in [0.1, 0.15) is 5.82 Å². The Balaban J connectivity index is 1.75. The minimum atomic E-state index is -3.95. The molecule has 1 fully saturated rings. The average Bonchev–Trinajstić information content (AvgIpc) is 2.65.